The van der Waals surface area contributed by atoms with E-state index in [-0.39, 0.29) is 0 Å². The van der Waals surface area contributed by atoms with Gasteiger partial charge >= 0.3 is 0 Å². The summed E-state index contributed by atoms with van der Waals surface area (Å²) in [5, 5.41) is 0. The molecule has 1 aromatic carbocycles. The van der Waals surface area contributed by atoms with Gasteiger partial charge < -0.3 is 4.90 Å². The van der Waals surface area contributed by atoms with Gasteiger partial charge in [-0.15, -0.1) is 0 Å². The van der Waals surface area contributed by atoms with Gasteiger partial charge in [-0.25, -0.2) is 0 Å². The van der Waals surface area contributed by atoms with Crippen LogP contribution >= 0.6 is 15.9 Å². The van der Waals surface area contributed by atoms with Crippen LogP contribution in [0.25, 0.3) is 0 Å². The zero-order valence-electron chi connectivity index (χ0n) is 10.2. The lowest BCUT2D eigenvalue weighted by molar-refractivity contribution is -0.133. The Morgan fingerprint density at radius 2 is 2.00 bits per heavy atom. The third-order valence-corrected chi connectivity index (χ3v) is 3.55. The van der Waals surface area contributed by atoms with Crippen molar-refractivity contribution in [3.8, 4) is 0 Å². The van der Waals surface area contributed by atoms with E-state index in [0.29, 0.717) is 11.8 Å². The average molecular weight is 296 g/mol. The molecule has 0 N–H and O–H groups in total. The van der Waals surface area contributed by atoms with Gasteiger partial charge in [-0.1, -0.05) is 35.0 Å². The van der Waals surface area contributed by atoms with Crippen LogP contribution in [-0.2, 0) is 11.3 Å². The highest BCUT2D eigenvalue weighted by Crippen LogP contribution is 2.31. The fourth-order valence-corrected chi connectivity index (χ4v) is 2.20. The van der Waals surface area contributed by atoms with Crippen LogP contribution in [0, 0.1) is 5.92 Å². The Morgan fingerprint density at radius 1 is 1.35 bits per heavy atom. The molecule has 1 aliphatic carbocycles. The molecule has 17 heavy (non-hydrogen) atoms. The number of hydrogen-bond donors (Lipinski definition) is 0. The Kier molecular flexibility index (Phi) is 4.21. The number of hydrogen-bond acceptors (Lipinski definition) is 1. The van der Waals surface area contributed by atoms with Crippen molar-refractivity contribution in [1.29, 1.82) is 0 Å². The second kappa shape index (κ2) is 5.67. The van der Waals surface area contributed by atoms with Gasteiger partial charge in [0.15, 0.2) is 0 Å². The lowest BCUT2D eigenvalue weighted by Gasteiger charge is -2.22. The number of rotatable bonds is 5. The van der Waals surface area contributed by atoms with E-state index in [4.69, 9.17) is 0 Å². The summed E-state index contributed by atoms with van der Waals surface area (Å²) >= 11 is 3.42. The SMILES string of the molecule is CCCN(Cc1ccc(Br)cc1)C(=O)C1CC1. The molecule has 0 heterocycles. The first-order valence-corrected chi connectivity index (χ1v) is 7.03. The molecule has 0 atom stereocenters. The van der Waals surface area contributed by atoms with Gasteiger partial charge in [0.2, 0.25) is 5.91 Å². The van der Waals surface area contributed by atoms with Crippen LogP contribution < -0.4 is 0 Å². The quantitative estimate of drug-likeness (QED) is 0.813. The van der Waals surface area contributed by atoms with Gasteiger partial charge in [-0.2, -0.15) is 0 Å². The summed E-state index contributed by atoms with van der Waals surface area (Å²) in [5.74, 6) is 0.659. The van der Waals surface area contributed by atoms with Crippen molar-refractivity contribution in [2.45, 2.75) is 32.7 Å². The summed E-state index contributed by atoms with van der Waals surface area (Å²) in [6.07, 6.45) is 3.19. The molecule has 1 amide bonds. The minimum Gasteiger partial charge on any atom is -0.338 e. The number of halogens is 1. The van der Waals surface area contributed by atoms with E-state index in [0.717, 1.165) is 36.8 Å². The van der Waals surface area contributed by atoms with Crippen molar-refractivity contribution >= 4 is 21.8 Å². The van der Waals surface area contributed by atoms with Crippen LogP contribution in [0.5, 0.6) is 0 Å². The monoisotopic (exact) mass is 295 g/mol. The van der Waals surface area contributed by atoms with Crippen LogP contribution in [0.2, 0.25) is 0 Å². The molecule has 0 radical (unpaired) electrons. The molecule has 1 saturated carbocycles. The molecule has 0 bridgehead atoms. The first-order chi connectivity index (χ1) is 8.20. The van der Waals surface area contributed by atoms with E-state index in [1.807, 2.05) is 17.0 Å². The van der Waals surface area contributed by atoms with Crippen LogP contribution in [-0.4, -0.2) is 17.4 Å². The van der Waals surface area contributed by atoms with E-state index >= 15 is 0 Å². The van der Waals surface area contributed by atoms with Gasteiger partial charge in [-0.05, 0) is 37.0 Å². The molecule has 1 aliphatic rings. The van der Waals surface area contributed by atoms with Gasteiger partial charge in [-0.3, -0.25) is 4.79 Å². The zero-order chi connectivity index (χ0) is 12.3. The third kappa shape index (κ3) is 3.56. The largest absolute Gasteiger partial charge is 0.338 e. The Balaban J connectivity index is 2.01. The lowest BCUT2D eigenvalue weighted by Crippen LogP contribution is -2.32. The Morgan fingerprint density at radius 3 is 2.53 bits per heavy atom. The number of amides is 1. The van der Waals surface area contributed by atoms with Crippen molar-refractivity contribution in [2.75, 3.05) is 6.54 Å². The van der Waals surface area contributed by atoms with E-state index < -0.39 is 0 Å². The summed E-state index contributed by atoms with van der Waals surface area (Å²) in [4.78, 5) is 14.1. The maximum atomic E-state index is 12.1. The smallest absolute Gasteiger partial charge is 0.225 e. The molecule has 0 saturated heterocycles. The van der Waals surface area contributed by atoms with Gasteiger partial charge in [0.25, 0.3) is 0 Å². The molecule has 1 aromatic rings. The molecular formula is C14H18BrNO. The summed E-state index contributed by atoms with van der Waals surface area (Å²) in [6.45, 7) is 3.73. The Labute approximate surface area is 111 Å². The molecule has 0 unspecified atom stereocenters. The lowest BCUT2D eigenvalue weighted by atomic mass is 10.2. The Hall–Kier alpha value is -0.830. The minimum atomic E-state index is 0.317. The summed E-state index contributed by atoms with van der Waals surface area (Å²) in [6, 6.07) is 8.21. The standard InChI is InChI=1S/C14H18BrNO/c1-2-9-16(14(17)12-5-6-12)10-11-3-7-13(15)8-4-11/h3-4,7-8,12H,2,5-6,9-10H2,1H3. The topological polar surface area (TPSA) is 20.3 Å². The van der Waals surface area contributed by atoms with Crippen LogP contribution in [0.15, 0.2) is 28.7 Å². The second-order valence-corrected chi connectivity index (χ2v) is 5.58. The normalized spacial score (nSPS) is 14.7. The fraction of sp³-hybridized carbons (Fsp3) is 0.500. The summed E-state index contributed by atoms with van der Waals surface area (Å²) in [7, 11) is 0. The Bertz CT molecular complexity index is 384. The average Bonchev–Trinajstić information content (AvgIpc) is 3.14. The number of carbonyl (C=O) groups excluding carboxylic acids is 1. The molecule has 3 heteroatoms. The molecule has 0 aromatic heterocycles. The maximum Gasteiger partial charge on any atom is 0.225 e. The molecule has 2 rings (SSSR count). The summed E-state index contributed by atoms with van der Waals surface area (Å²) < 4.78 is 1.08. The minimum absolute atomic E-state index is 0.317. The van der Waals surface area contributed by atoms with Gasteiger partial charge in [0.05, 0.1) is 0 Å². The van der Waals surface area contributed by atoms with Crippen LogP contribution in [0.3, 0.4) is 0 Å². The molecule has 0 aliphatic heterocycles. The van der Waals surface area contributed by atoms with Gasteiger partial charge in [0.1, 0.15) is 0 Å². The first-order valence-electron chi connectivity index (χ1n) is 6.24. The molecule has 1 fully saturated rings. The van der Waals surface area contributed by atoms with E-state index in [1.54, 1.807) is 0 Å². The third-order valence-electron chi connectivity index (χ3n) is 3.02. The zero-order valence-corrected chi connectivity index (χ0v) is 11.7. The van der Waals surface area contributed by atoms with Gasteiger partial charge in [0, 0.05) is 23.5 Å². The fourth-order valence-electron chi connectivity index (χ4n) is 1.94. The molecule has 2 nitrogen and oxygen atoms in total. The van der Waals surface area contributed by atoms with Crippen molar-refractivity contribution in [3.63, 3.8) is 0 Å². The number of nitrogens with zero attached hydrogens (tertiary/aromatic N) is 1. The van der Waals surface area contributed by atoms with Crippen LogP contribution in [0.4, 0.5) is 0 Å². The molecule has 92 valence electrons. The highest BCUT2D eigenvalue weighted by Gasteiger charge is 2.32. The van der Waals surface area contributed by atoms with E-state index in [1.165, 1.54) is 5.56 Å². The highest BCUT2D eigenvalue weighted by atomic mass is 79.9. The highest BCUT2D eigenvalue weighted by molar-refractivity contribution is 9.10. The summed E-state index contributed by atoms with van der Waals surface area (Å²) in [5.41, 5.74) is 1.20. The van der Waals surface area contributed by atoms with Crippen LogP contribution in [0.1, 0.15) is 31.7 Å². The van der Waals surface area contributed by atoms with Crippen molar-refractivity contribution in [3.05, 3.63) is 34.3 Å². The van der Waals surface area contributed by atoms with Crippen molar-refractivity contribution in [2.24, 2.45) is 5.92 Å². The molecular weight excluding hydrogens is 278 g/mol. The maximum absolute atomic E-state index is 12.1. The second-order valence-electron chi connectivity index (χ2n) is 4.66. The number of carbonyl (C=O) groups is 1. The van der Waals surface area contributed by atoms with E-state index in [9.17, 15) is 4.79 Å². The van der Waals surface area contributed by atoms with E-state index in [2.05, 4.69) is 35.0 Å². The van der Waals surface area contributed by atoms with Crippen molar-refractivity contribution in [1.82, 2.24) is 4.90 Å². The predicted molar refractivity (Wildman–Crippen MR) is 72.6 cm³/mol. The van der Waals surface area contributed by atoms with Crippen molar-refractivity contribution < 1.29 is 4.79 Å². The molecule has 0 spiro atoms. The number of benzene rings is 1. The predicted octanol–water partition coefficient (Wildman–Crippen LogP) is 3.60. The first kappa shape index (κ1) is 12.6.